The average molecular weight is 924 g/mol. The first-order valence-corrected chi connectivity index (χ1v) is 26.3. The van der Waals surface area contributed by atoms with Gasteiger partial charge in [0.15, 0.2) is 0 Å². The first kappa shape index (κ1) is 80.5. The highest BCUT2D eigenvalue weighted by molar-refractivity contribution is 5.75. The Kier molecular flexibility index (Phi) is 67.2. The standard InChI is InChI=1S/2C12H26O.C11H24.C6H12O.C6H14O.C5H12O2.C5H12.CH4/c2*1-7-11(4)9-12(5,13-6)8-10(2)3;1-6-10(4)8-11(5)7-9(2)3;1-5(2)4-6(3)7;1-4-6(2)5-7-3;1-3-5(2)4-7-6;1-4-5(2)3;/h2*10-11H,7-9H2,1-6H3;9-11H,6-8H2,1-5H3;5H,4H2,1-3H3;6H,4-5H2,1-3H3;5-6H,3-4H2,1-2H3;5H,4H2,1-3H3;1H4. The molecular formula is C58H130O6. The van der Waals surface area contributed by atoms with Crippen LogP contribution < -0.4 is 0 Å². The molecule has 8 atom stereocenters. The van der Waals surface area contributed by atoms with E-state index >= 15 is 0 Å². The van der Waals surface area contributed by atoms with E-state index in [1.807, 2.05) is 35.0 Å². The normalized spacial score (nSPS) is 15.4. The maximum atomic E-state index is 10.3. The van der Waals surface area contributed by atoms with E-state index in [1.165, 1.54) is 57.8 Å². The molecule has 0 aliphatic rings. The van der Waals surface area contributed by atoms with Crippen LogP contribution in [-0.4, -0.2) is 56.8 Å². The Balaban J connectivity index is -0.0000000973. The van der Waals surface area contributed by atoms with Crippen LogP contribution in [0.15, 0.2) is 0 Å². The van der Waals surface area contributed by atoms with Gasteiger partial charge in [-0.3, -0.25) is 5.26 Å². The van der Waals surface area contributed by atoms with Gasteiger partial charge in [-0.1, -0.05) is 198 Å². The molecule has 0 rings (SSSR count). The zero-order valence-electron chi connectivity index (χ0n) is 48.9. The minimum atomic E-state index is 0. The fraction of sp³-hybridized carbons (Fsp3) is 0.983. The SMILES string of the molecule is C.CC(=O)CC(C)C.CCC(C)C.CCC(C)CC(C)(CC(C)C)OC.CCC(C)CC(C)(CC(C)C)OC.CCC(C)CC(C)CC(C)C.CCC(C)COC.CCC(C)COO. The third kappa shape index (κ3) is 73.1. The molecule has 0 bridgehead atoms. The van der Waals surface area contributed by atoms with Crippen LogP contribution in [-0.2, 0) is 23.9 Å². The van der Waals surface area contributed by atoms with Gasteiger partial charge in [0.05, 0.1) is 17.8 Å². The molecule has 0 aliphatic heterocycles. The minimum Gasteiger partial charge on any atom is -0.384 e. The minimum absolute atomic E-state index is 0. The highest BCUT2D eigenvalue weighted by Crippen LogP contribution is 2.30. The van der Waals surface area contributed by atoms with Gasteiger partial charge < -0.3 is 19.0 Å². The summed E-state index contributed by atoms with van der Waals surface area (Å²) in [6.07, 6.45) is 15.6. The summed E-state index contributed by atoms with van der Waals surface area (Å²) in [5.41, 5.74) is 0.174. The molecule has 6 nitrogen and oxygen atoms in total. The van der Waals surface area contributed by atoms with E-state index in [9.17, 15) is 4.79 Å². The van der Waals surface area contributed by atoms with Gasteiger partial charge in [0, 0.05) is 34.4 Å². The number of ether oxygens (including phenoxy) is 3. The van der Waals surface area contributed by atoms with Crippen LogP contribution >= 0.6 is 0 Å². The Bertz CT molecular complexity index is 829. The number of hydrogen-bond acceptors (Lipinski definition) is 6. The average Bonchev–Trinajstić information content (AvgIpc) is 3.17. The summed E-state index contributed by atoms with van der Waals surface area (Å²) in [7, 11) is 5.42. The molecule has 0 saturated carbocycles. The molecule has 0 heterocycles. The third-order valence-corrected chi connectivity index (χ3v) is 11.7. The molecule has 0 amide bonds. The van der Waals surface area contributed by atoms with Crippen molar-refractivity contribution in [2.75, 3.05) is 34.5 Å². The van der Waals surface area contributed by atoms with Crippen LogP contribution in [0.25, 0.3) is 0 Å². The Morgan fingerprint density at radius 2 is 0.766 bits per heavy atom. The van der Waals surface area contributed by atoms with E-state index in [0.29, 0.717) is 30.3 Å². The highest BCUT2D eigenvalue weighted by atomic mass is 17.1. The van der Waals surface area contributed by atoms with Gasteiger partial charge in [0.25, 0.3) is 0 Å². The van der Waals surface area contributed by atoms with Gasteiger partial charge in [-0.2, -0.15) is 0 Å². The molecule has 0 saturated heterocycles. The lowest BCUT2D eigenvalue weighted by Crippen LogP contribution is -2.31. The van der Waals surface area contributed by atoms with E-state index in [1.54, 1.807) is 14.0 Å². The highest BCUT2D eigenvalue weighted by Gasteiger charge is 2.27. The quantitative estimate of drug-likeness (QED) is 0.0688. The molecule has 0 spiro atoms. The molecule has 64 heavy (non-hydrogen) atoms. The largest absolute Gasteiger partial charge is 0.384 e. The van der Waals surface area contributed by atoms with Crippen molar-refractivity contribution >= 4 is 5.78 Å². The Morgan fingerprint density at radius 3 is 0.922 bits per heavy atom. The second-order valence-corrected chi connectivity index (χ2v) is 22.3. The summed E-state index contributed by atoms with van der Waals surface area (Å²) >= 11 is 0. The zero-order chi connectivity index (χ0) is 51.4. The second kappa shape index (κ2) is 53.4. The van der Waals surface area contributed by atoms with Crippen molar-refractivity contribution in [3.63, 3.8) is 0 Å². The van der Waals surface area contributed by atoms with Crippen LogP contribution in [0.5, 0.6) is 0 Å². The number of Topliss-reactive ketones (excluding diaryl/α,β-unsaturated/α-hetero) is 1. The molecule has 0 aromatic heterocycles. The van der Waals surface area contributed by atoms with Crippen molar-refractivity contribution in [2.24, 2.45) is 65.1 Å². The number of carbonyl (C=O) groups is 1. The summed E-state index contributed by atoms with van der Waals surface area (Å²) < 4.78 is 16.1. The van der Waals surface area contributed by atoms with E-state index in [4.69, 9.17) is 19.5 Å². The predicted molar refractivity (Wildman–Crippen MR) is 292 cm³/mol. The fourth-order valence-electron chi connectivity index (χ4n) is 6.97. The van der Waals surface area contributed by atoms with E-state index in [0.717, 1.165) is 73.7 Å². The lowest BCUT2D eigenvalue weighted by molar-refractivity contribution is -0.250. The number of ketones is 1. The summed E-state index contributed by atoms with van der Waals surface area (Å²) in [4.78, 5) is 14.1. The third-order valence-electron chi connectivity index (χ3n) is 11.7. The molecular weight excluding hydrogens is 793 g/mol. The second-order valence-electron chi connectivity index (χ2n) is 22.3. The molecule has 0 aromatic rings. The van der Waals surface area contributed by atoms with Gasteiger partial charge >= 0.3 is 0 Å². The van der Waals surface area contributed by atoms with Crippen molar-refractivity contribution in [3.8, 4) is 0 Å². The molecule has 0 fully saturated rings. The smallest absolute Gasteiger partial charge is 0.130 e. The van der Waals surface area contributed by atoms with Crippen molar-refractivity contribution < 1.29 is 29.1 Å². The topological polar surface area (TPSA) is 74.2 Å². The van der Waals surface area contributed by atoms with Gasteiger partial charge in [0.1, 0.15) is 5.78 Å². The molecule has 1 N–H and O–H groups in total. The summed E-state index contributed by atoms with van der Waals surface area (Å²) in [5, 5.41) is 7.87. The predicted octanol–water partition coefficient (Wildman–Crippen LogP) is 19.4. The number of carbonyl (C=O) groups excluding carboxylic acids is 1. The first-order valence-electron chi connectivity index (χ1n) is 26.3. The molecule has 0 aliphatic carbocycles. The van der Waals surface area contributed by atoms with Gasteiger partial charge in [-0.05, 0) is 124 Å². The van der Waals surface area contributed by atoms with E-state index in [-0.39, 0.29) is 24.4 Å². The van der Waals surface area contributed by atoms with Crippen molar-refractivity contribution in [2.45, 2.75) is 275 Å². The molecule has 398 valence electrons. The first-order chi connectivity index (χ1) is 28.9. The van der Waals surface area contributed by atoms with E-state index in [2.05, 4.69) is 150 Å². The molecule has 0 aromatic carbocycles. The van der Waals surface area contributed by atoms with Crippen LogP contribution in [0.2, 0.25) is 0 Å². The summed E-state index contributed by atoms with van der Waals surface area (Å²) in [6.45, 7) is 56.4. The molecule has 6 heteroatoms. The fourth-order valence-corrected chi connectivity index (χ4v) is 6.97. The maximum Gasteiger partial charge on any atom is 0.130 e. The van der Waals surface area contributed by atoms with Crippen molar-refractivity contribution in [3.05, 3.63) is 0 Å². The van der Waals surface area contributed by atoms with Crippen molar-refractivity contribution in [1.82, 2.24) is 0 Å². The van der Waals surface area contributed by atoms with Crippen molar-refractivity contribution in [1.29, 1.82) is 0 Å². The number of rotatable bonds is 26. The Hall–Kier alpha value is -0.530. The van der Waals surface area contributed by atoms with Crippen LogP contribution in [0.4, 0.5) is 0 Å². The molecule has 0 radical (unpaired) electrons. The Morgan fingerprint density at radius 1 is 0.438 bits per heavy atom. The monoisotopic (exact) mass is 923 g/mol. The van der Waals surface area contributed by atoms with E-state index < -0.39 is 0 Å². The number of methoxy groups -OCH3 is 3. The molecule has 8 unspecified atom stereocenters. The lowest BCUT2D eigenvalue weighted by Gasteiger charge is -2.32. The van der Waals surface area contributed by atoms with Gasteiger partial charge in [-0.25, -0.2) is 4.89 Å². The van der Waals surface area contributed by atoms with Crippen LogP contribution in [0, 0.1) is 65.1 Å². The summed E-state index contributed by atoms with van der Waals surface area (Å²) in [5.74, 6) is 8.58. The zero-order valence-corrected chi connectivity index (χ0v) is 48.9. The Labute approximate surface area is 408 Å². The lowest BCUT2D eigenvalue weighted by atomic mass is 9.85. The van der Waals surface area contributed by atoms with Gasteiger partial charge in [-0.15, -0.1) is 0 Å². The van der Waals surface area contributed by atoms with Crippen LogP contribution in [0.1, 0.15) is 264 Å². The summed E-state index contributed by atoms with van der Waals surface area (Å²) in [6, 6.07) is 0. The van der Waals surface area contributed by atoms with Gasteiger partial charge in [0.2, 0.25) is 0 Å². The van der Waals surface area contributed by atoms with Crippen LogP contribution in [0.3, 0.4) is 0 Å². The maximum absolute atomic E-state index is 10.3. The number of hydrogen-bond donors (Lipinski definition) is 1.